The van der Waals surface area contributed by atoms with Crippen LogP contribution in [0.2, 0.25) is 5.02 Å². The second-order valence-electron chi connectivity index (χ2n) is 4.98. The second-order valence-corrected chi connectivity index (χ2v) is 5.41. The Labute approximate surface area is 125 Å². The van der Waals surface area contributed by atoms with Gasteiger partial charge in [-0.05, 0) is 17.7 Å². The number of halogens is 4. The van der Waals surface area contributed by atoms with E-state index in [2.05, 4.69) is 10.4 Å². The number of hydrogen-bond acceptors (Lipinski definition) is 2. The van der Waals surface area contributed by atoms with Gasteiger partial charge in [0.15, 0.2) is 0 Å². The van der Waals surface area contributed by atoms with E-state index < -0.39 is 11.7 Å². The van der Waals surface area contributed by atoms with Crippen LogP contribution >= 0.6 is 11.6 Å². The van der Waals surface area contributed by atoms with Crippen molar-refractivity contribution in [1.29, 1.82) is 0 Å². The Hall–Kier alpha value is -1.53. The maximum absolute atomic E-state index is 13.2. The topological polar surface area (TPSA) is 29.9 Å². The lowest BCUT2D eigenvalue weighted by atomic mass is 10.1. The van der Waals surface area contributed by atoms with Crippen LogP contribution in [0.5, 0.6) is 0 Å². The summed E-state index contributed by atoms with van der Waals surface area (Å²) in [7, 11) is 0. The molecule has 0 aliphatic heterocycles. The molecule has 3 nitrogen and oxygen atoms in total. The van der Waals surface area contributed by atoms with E-state index in [-0.39, 0.29) is 18.2 Å². The Morgan fingerprint density at radius 2 is 2.05 bits per heavy atom. The van der Waals surface area contributed by atoms with Gasteiger partial charge in [0.25, 0.3) is 0 Å². The lowest BCUT2D eigenvalue weighted by Crippen LogP contribution is -2.24. The Kier molecular flexibility index (Phi) is 4.58. The summed E-state index contributed by atoms with van der Waals surface area (Å²) in [5.74, 6) is 0. The number of alkyl halides is 3. The maximum atomic E-state index is 13.2. The van der Waals surface area contributed by atoms with E-state index in [4.69, 9.17) is 11.6 Å². The Bertz CT molecular complexity index is 620. The molecule has 0 amide bonds. The minimum absolute atomic E-state index is 0.107. The molecule has 1 aromatic heterocycles. The highest BCUT2D eigenvalue weighted by Crippen LogP contribution is 2.33. The van der Waals surface area contributed by atoms with E-state index in [1.807, 2.05) is 13.8 Å². The maximum Gasteiger partial charge on any atom is 0.416 e. The van der Waals surface area contributed by atoms with E-state index in [1.54, 1.807) is 6.07 Å². The Morgan fingerprint density at radius 1 is 1.33 bits per heavy atom. The first-order valence-electron chi connectivity index (χ1n) is 6.41. The molecule has 0 atom stereocenters. The van der Waals surface area contributed by atoms with Gasteiger partial charge in [0, 0.05) is 18.8 Å². The molecule has 1 N–H and O–H groups in total. The summed E-state index contributed by atoms with van der Waals surface area (Å²) in [5.41, 5.74) is -0.138. The van der Waals surface area contributed by atoms with E-state index in [0.717, 1.165) is 6.07 Å². The third-order valence-corrected chi connectivity index (χ3v) is 3.11. The van der Waals surface area contributed by atoms with Crippen molar-refractivity contribution in [3.8, 4) is 5.69 Å². The molecule has 0 spiro atoms. The van der Waals surface area contributed by atoms with Gasteiger partial charge in [-0.25, -0.2) is 4.68 Å². The number of aromatic nitrogens is 2. The van der Waals surface area contributed by atoms with Crippen LogP contribution in [0.4, 0.5) is 13.2 Å². The quantitative estimate of drug-likeness (QED) is 0.922. The average molecular weight is 318 g/mol. The van der Waals surface area contributed by atoms with E-state index in [0.29, 0.717) is 10.7 Å². The summed E-state index contributed by atoms with van der Waals surface area (Å²) in [4.78, 5) is 0. The number of nitrogens with one attached hydrogen (secondary N) is 1. The summed E-state index contributed by atoms with van der Waals surface area (Å²) in [5, 5.41) is 7.28. The normalized spacial score (nSPS) is 12.1. The molecule has 114 valence electrons. The molecule has 0 saturated heterocycles. The fourth-order valence-corrected chi connectivity index (χ4v) is 2.02. The van der Waals surface area contributed by atoms with Crippen LogP contribution in [-0.4, -0.2) is 15.8 Å². The van der Waals surface area contributed by atoms with Crippen molar-refractivity contribution in [2.75, 3.05) is 0 Å². The standard InChI is InChI=1S/C14H15ClF3N3/c1-9(2)19-6-10-3-4-12(5-13(10)14(16,17)18)21-8-11(15)7-20-21/h3-5,7-9,19H,6H2,1-2H3. The van der Waals surface area contributed by atoms with Gasteiger partial charge in [0.1, 0.15) is 0 Å². The molecule has 0 bridgehead atoms. The SMILES string of the molecule is CC(C)NCc1ccc(-n2cc(Cl)cn2)cc1C(F)(F)F. The number of hydrogen-bond donors (Lipinski definition) is 1. The fourth-order valence-electron chi connectivity index (χ4n) is 1.88. The molecule has 7 heteroatoms. The molecular weight excluding hydrogens is 303 g/mol. The number of nitrogens with zero attached hydrogens (tertiary/aromatic N) is 2. The van der Waals surface area contributed by atoms with Crippen LogP contribution in [0.15, 0.2) is 30.6 Å². The second kappa shape index (κ2) is 6.07. The summed E-state index contributed by atoms with van der Waals surface area (Å²) in [6, 6.07) is 4.25. The molecule has 0 unspecified atom stereocenters. The van der Waals surface area contributed by atoms with Crippen LogP contribution in [0.25, 0.3) is 5.69 Å². The minimum Gasteiger partial charge on any atom is -0.310 e. The van der Waals surface area contributed by atoms with Crippen molar-refractivity contribution in [3.63, 3.8) is 0 Å². The summed E-state index contributed by atoms with van der Waals surface area (Å²) >= 11 is 5.74. The van der Waals surface area contributed by atoms with Gasteiger partial charge in [-0.1, -0.05) is 31.5 Å². The van der Waals surface area contributed by atoms with Gasteiger partial charge in [0.05, 0.1) is 22.5 Å². The zero-order valence-electron chi connectivity index (χ0n) is 11.6. The third-order valence-electron chi connectivity index (χ3n) is 2.92. The number of benzene rings is 1. The van der Waals surface area contributed by atoms with Gasteiger partial charge in [-0.2, -0.15) is 18.3 Å². The van der Waals surface area contributed by atoms with Gasteiger partial charge in [0.2, 0.25) is 0 Å². The molecule has 0 saturated carbocycles. The number of rotatable bonds is 4. The van der Waals surface area contributed by atoms with Gasteiger partial charge in [-0.3, -0.25) is 0 Å². The van der Waals surface area contributed by atoms with E-state index >= 15 is 0 Å². The van der Waals surface area contributed by atoms with Crippen LogP contribution in [0, 0.1) is 0 Å². The molecule has 0 radical (unpaired) electrons. The monoisotopic (exact) mass is 317 g/mol. The molecule has 1 heterocycles. The lowest BCUT2D eigenvalue weighted by molar-refractivity contribution is -0.138. The molecule has 0 aliphatic rings. The molecule has 21 heavy (non-hydrogen) atoms. The van der Waals surface area contributed by atoms with Gasteiger partial charge in [-0.15, -0.1) is 0 Å². The third kappa shape index (κ3) is 3.98. The van der Waals surface area contributed by atoms with Gasteiger partial charge >= 0.3 is 6.18 Å². The Morgan fingerprint density at radius 3 is 2.57 bits per heavy atom. The summed E-state index contributed by atoms with van der Waals surface area (Å²) in [6.45, 7) is 3.92. The zero-order valence-corrected chi connectivity index (χ0v) is 12.3. The smallest absolute Gasteiger partial charge is 0.310 e. The lowest BCUT2D eigenvalue weighted by Gasteiger charge is -2.16. The van der Waals surface area contributed by atoms with Crippen molar-refractivity contribution >= 4 is 11.6 Å². The van der Waals surface area contributed by atoms with Crippen molar-refractivity contribution in [3.05, 3.63) is 46.7 Å². The molecule has 2 rings (SSSR count). The molecule has 2 aromatic rings. The highest BCUT2D eigenvalue weighted by molar-refractivity contribution is 6.30. The predicted molar refractivity (Wildman–Crippen MR) is 75.6 cm³/mol. The highest BCUT2D eigenvalue weighted by atomic mass is 35.5. The van der Waals surface area contributed by atoms with Crippen molar-refractivity contribution in [2.45, 2.75) is 32.6 Å². The highest BCUT2D eigenvalue weighted by Gasteiger charge is 2.33. The van der Waals surface area contributed by atoms with Crippen molar-refractivity contribution in [1.82, 2.24) is 15.1 Å². The van der Waals surface area contributed by atoms with Crippen molar-refractivity contribution in [2.24, 2.45) is 0 Å². The molecule has 0 aliphatic carbocycles. The van der Waals surface area contributed by atoms with Crippen molar-refractivity contribution < 1.29 is 13.2 Å². The fraction of sp³-hybridized carbons (Fsp3) is 0.357. The summed E-state index contributed by atoms with van der Waals surface area (Å²) in [6.07, 6.45) is -1.58. The molecule has 0 fully saturated rings. The first-order valence-corrected chi connectivity index (χ1v) is 6.79. The molecule has 1 aromatic carbocycles. The summed E-state index contributed by atoms with van der Waals surface area (Å²) < 4.78 is 40.9. The van der Waals surface area contributed by atoms with Gasteiger partial charge < -0.3 is 5.32 Å². The first-order chi connectivity index (χ1) is 9.77. The predicted octanol–water partition coefficient (Wildman–Crippen LogP) is 4.04. The molecular formula is C14H15ClF3N3. The van der Waals surface area contributed by atoms with Crippen LogP contribution in [0.3, 0.4) is 0 Å². The largest absolute Gasteiger partial charge is 0.416 e. The van der Waals surface area contributed by atoms with Crippen LogP contribution in [0.1, 0.15) is 25.0 Å². The van der Waals surface area contributed by atoms with E-state index in [1.165, 1.54) is 23.1 Å². The Balaban J connectivity index is 2.40. The average Bonchev–Trinajstić information content (AvgIpc) is 2.81. The zero-order chi connectivity index (χ0) is 15.6. The van der Waals surface area contributed by atoms with E-state index in [9.17, 15) is 13.2 Å². The minimum atomic E-state index is -4.42. The van der Waals surface area contributed by atoms with Crippen LogP contribution < -0.4 is 5.32 Å². The first kappa shape index (κ1) is 15.9. The van der Waals surface area contributed by atoms with Crippen LogP contribution in [-0.2, 0) is 12.7 Å².